The van der Waals surface area contributed by atoms with Crippen LogP contribution in [0.4, 0.5) is 5.95 Å². The number of rotatable bonds is 5. The van der Waals surface area contributed by atoms with E-state index in [0.717, 1.165) is 41.4 Å². The zero-order chi connectivity index (χ0) is 16.2. The first-order valence-electron chi connectivity index (χ1n) is 7.60. The second-order valence-corrected chi connectivity index (χ2v) is 5.62. The molecule has 2 aromatic rings. The van der Waals surface area contributed by atoms with Crippen LogP contribution in [0, 0.1) is 13.8 Å². The molecule has 1 aromatic carbocycles. The fraction of sp³-hybridized carbons (Fsp3) is 0.353. The van der Waals surface area contributed by atoms with Gasteiger partial charge in [0.15, 0.2) is 11.5 Å². The highest BCUT2D eigenvalue weighted by atomic mass is 16.7. The Labute approximate surface area is 135 Å². The third-order valence-electron chi connectivity index (χ3n) is 3.54. The summed E-state index contributed by atoms with van der Waals surface area (Å²) in [5, 5.41) is 4.35. The Morgan fingerprint density at radius 3 is 2.65 bits per heavy atom. The van der Waals surface area contributed by atoms with Crippen molar-refractivity contribution in [3.63, 3.8) is 0 Å². The lowest BCUT2D eigenvalue weighted by atomic mass is 10.1. The van der Waals surface area contributed by atoms with E-state index >= 15 is 0 Å². The van der Waals surface area contributed by atoms with Crippen molar-refractivity contribution in [1.29, 1.82) is 0 Å². The largest absolute Gasteiger partial charge is 0.454 e. The molecule has 2 heterocycles. The lowest BCUT2D eigenvalue weighted by Crippen LogP contribution is -2.03. The van der Waals surface area contributed by atoms with Crippen LogP contribution in [0.1, 0.15) is 30.3 Å². The smallest absolute Gasteiger partial charge is 0.243 e. The van der Waals surface area contributed by atoms with Gasteiger partial charge in [0.2, 0.25) is 12.7 Å². The molecular formula is C17H20N4O2. The van der Waals surface area contributed by atoms with Crippen LogP contribution in [-0.4, -0.2) is 22.5 Å². The van der Waals surface area contributed by atoms with Gasteiger partial charge in [-0.15, -0.1) is 0 Å². The van der Waals surface area contributed by atoms with Crippen molar-refractivity contribution < 1.29 is 9.47 Å². The van der Waals surface area contributed by atoms with Crippen molar-refractivity contribution in [3.05, 3.63) is 41.2 Å². The van der Waals surface area contributed by atoms with Crippen molar-refractivity contribution >= 4 is 11.7 Å². The molecule has 0 saturated carbocycles. The lowest BCUT2D eigenvalue weighted by molar-refractivity contribution is 0.174. The molecule has 6 heteroatoms. The number of hydrogen-bond acceptors (Lipinski definition) is 6. The van der Waals surface area contributed by atoms with Gasteiger partial charge in [-0.05, 0) is 57.4 Å². The number of ether oxygens (including phenoxy) is 2. The summed E-state index contributed by atoms with van der Waals surface area (Å²) in [7, 11) is 0. The average molecular weight is 312 g/mol. The molecule has 0 fully saturated rings. The van der Waals surface area contributed by atoms with Crippen molar-refractivity contribution in [2.45, 2.75) is 33.6 Å². The molecule has 0 radical (unpaired) electrons. The van der Waals surface area contributed by atoms with Crippen LogP contribution >= 0.6 is 0 Å². The Morgan fingerprint density at radius 1 is 1.13 bits per heavy atom. The first-order valence-corrected chi connectivity index (χ1v) is 7.60. The zero-order valence-electron chi connectivity index (χ0n) is 13.6. The third-order valence-corrected chi connectivity index (χ3v) is 3.54. The molecule has 0 amide bonds. The molecule has 0 saturated heterocycles. The molecule has 1 aromatic heterocycles. The van der Waals surface area contributed by atoms with E-state index in [1.165, 1.54) is 5.56 Å². The van der Waals surface area contributed by atoms with Crippen LogP contribution < -0.4 is 14.9 Å². The van der Waals surface area contributed by atoms with E-state index in [0.29, 0.717) is 12.7 Å². The Bertz CT molecular complexity index is 723. The van der Waals surface area contributed by atoms with Gasteiger partial charge in [0.05, 0.1) is 0 Å². The standard InChI is InChI=1S/C17H20N4O2/c1-11(20-21-17-18-12(2)8-13(3)19-17)4-5-14-6-7-15-16(9-14)23-10-22-15/h6-9H,4-5,10H2,1-3H3,(H,18,19,21)/b20-11-. The van der Waals surface area contributed by atoms with Gasteiger partial charge in [-0.3, -0.25) is 0 Å². The fourth-order valence-corrected chi connectivity index (χ4v) is 2.40. The molecule has 0 atom stereocenters. The van der Waals surface area contributed by atoms with Crippen LogP contribution in [0.25, 0.3) is 0 Å². The van der Waals surface area contributed by atoms with Gasteiger partial charge in [-0.25, -0.2) is 15.4 Å². The summed E-state index contributed by atoms with van der Waals surface area (Å²) in [6.45, 7) is 6.17. The maximum absolute atomic E-state index is 5.39. The van der Waals surface area contributed by atoms with Crippen LogP contribution in [0.5, 0.6) is 11.5 Å². The summed E-state index contributed by atoms with van der Waals surface area (Å²) < 4.78 is 10.7. The molecular weight excluding hydrogens is 292 g/mol. The summed E-state index contributed by atoms with van der Waals surface area (Å²) in [5.74, 6) is 2.16. The average Bonchev–Trinajstić information content (AvgIpc) is 2.97. The van der Waals surface area contributed by atoms with Crippen molar-refractivity contribution in [2.24, 2.45) is 5.10 Å². The van der Waals surface area contributed by atoms with E-state index in [2.05, 4.69) is 26.6 Å². The van der Waals surface area contributed by atoms with Crippen molar-refractivity contribution in [3.8, 4) is 11.5 Å². The maximum atomic E-state index is 5.39. The van der Waals surface area contributed by atoms with Crippen molar-refractivity contribution in [1.82, 2.24) is 9.97 Å². The Kier molecular flexibility index (Phi) is 4.41. The molecule has 0 aliphatic carbocycles. The summed E-state index contributed by atoms with van der Waals surface area (Å²) in [6.07, 6.45) is 1.73. The topological polar surface area (TPSA) is 68.6 Å². The number of benzene rings is 1. The molecule has 3 rings (SSSR count). The van der Waals surface area contributed by atoms with Gasteiger partial charge in [-0.1, -0.05) is 6.07 Å². The van der Waals surface area contributed by atoms with Gasteiger partial charge < -0.3 is 9.47 Å². The summed E-state index contributed by atoms with van der Waals surface area (Å²) >= 11 is 0. The van der Waals surface area contributed by atoms with E-state index in [9.17, 15) is 0 Å². The highest BCUT2D eigenvalue weighted by molar-refractivity contribution is 5.82. The van der Waals surface area contributed by atoms with Crippen LogP contribution in [-0.2, 0) is 6.42 Å². The van der Waals surface area contributed by atoms with E-state index in [-0.39, 0.29) is 0 Å². The second kappa shape index (κ2) is 6.64. The number of nitrogens with one attached hydrogen (secondary N) is 1. The molecule has 0 spiro atoms. The normalized spacial score (nSPS) is 13.3. The van der Waals surface area contributed by atoms with E-state index < -0.39 is 0 Å². The third kappa shape index (κ3) is 3.97. The second-order valence-electron chi connectivity index (χ2n) is 5.62. The number of nitrogens with zero attached hydrogens (tertiary/aromatic N) is 3. The molecule has 120 valence electrons. The minimum absolute atomic E-state index is 0.305. The number of aryl methyl sites for hydroxylation is 3. The summed E-state index contributed by atoms with van der Waals surface area (Å²) in [5.41, 5.74) is 6.97. The molecule has 0 bridgehead atoms. The number of hydrazone groups is 1. The Balaban J connectivity index is 1.57. The molecule has 6 nitrogen and oxygen atoms in total. The maximum Gasteiger partial charge on any atom is 0.243 e. The zero-order valence-corrected chi connectivity index (χ0v) is 13.6. The SMILES string of the molecule is C/C(CCc1ccc2c(c1)OCO2)=N/Nc1nc(C)cc(C)n1. The highest BCUT2D eigenvalue weighted by Gasteiger charge is 2.13. The predicted octanol–water partition coefficient (Wildman–Crippen LogP) is 3.24. The molecule has 1 aliphatic rings. The number of fused-ring (bicyclic) bond motifs is 1. The lowest BCUT2D eigenvalue weighted by Gasteiger charge is -2.05. The molecule has 23 heavy (non-hydrogen) atoms. The number of aromatic nitrogens is 2. The predicted molar refractivity (Wildman–Crippen MR) is 89.1 cm³/mol. The first kappa shape index (κ1) is 15.3. The van der Waals surface area contributed by atoms with Crippen LogP contribution in [0.2, 0.25) is 0 Å². The first-order chi connectivity index (χ1) is 11.1. The molecule has 1 aliphatic heterocycles. The van der Waals surface area contributed by atoms with Crippen molar-refractivity contribution in [2.75, 3.05) is 12.2 Å². The molecule has 1 N–H and O–H groups in total. The van der Waals surface area contributed by atoms with Gasteiger partial charge in [0.25, 0.3) is 0 Å². The van der Waals surface area contributed by atoms with Crippen LogP contribution in [0.3, 0.4) is 0 Å². The van der Waals surface area contributed by atoms with Gasteiger partial charge in [-0.2, -0.15) is 5.10 Å². The minimum Gasteiger partial charge on any atom is -0.454 e. The Hall–Kier alpha value is -2.63. The van der Waals surface area contributed by atoms with E-state index in [1.807, 2.05) is 39.0 Å². The fourth-order valence-electron chi connectivity index (χ4n) is 2.40. The molecule has 0 unspecified atom stereocenters. The monoisotopic (exact) mass is 312 g/mol. The van der Waals surface area contributed by atoms with Crippen LogP contribution in [0.15, 0.2) is 29.4 Å². The van der Waals surface area contributed by atoms with E-state index in [1.54, 1.807) is 0 Å². The summed E-state index contributed by atoms with van der Waals surface area (Å²) in [4.78, 5) is 8.61. The van der Waals surface area contributed by atoms with E-state index in [4.69, 9.17) is 9.47 Å². The number of hydrogen-bond donors (Lipinski definition) is 1. The Morgan fingerprint density at radius 2 is 1.87 bits per heavy atom. The number of anilines is 1. The highest BCUT2D eigenvalue weighted by Crippen LogP contribution is 2.32. The minimum atomic E-state index is 0.305. The summed E-state index contributed by atoms with van der Waals surface area (Å²) in [6, 6.07) is 7.96. The van der Waals surface area contributed by atoms with Gasteiger partial charge in [0.1, 0.15) is 0 Å². The van der Waals surface area contributed by atoms with Gasteiger partial charge in [0, 0.05) is 17.1 Å². The van der Waals surface area contributed by atoms with Gasteiger partial charge >= 0.3 is 0 Å². The quantitative estimate of drug-likeness (QED) is 0.678.